The third-order valence-corrected chi connectivity index (χ3v) is 5.86. The van der Waals surface area contributed by atoms with Crippen LogP contribution in [0.15, 0.2) is 48.5 Å². The second-order valence-electron chi connectivity index (χ2n) is 6.53. The molecule has 0 spiro atoms. The minimum Gasteiger partial charge on any atom is -0.494 e. The SMILES string of the molecule is CCOc1ccc(N([C@H](C)C(=O)N2CCc3ccccc32)S(C)(=O)=O)cc1. The number of amides is 1. The van der Waals surface area contributed by atoms with Gasteiger partial charge in [0.15, 0.2) is 0 Å². The Balaban J connectivity index is 1.90. The van der Waals surface area contributed by atoms with Crippen molar-refractivity contribution in [3.8, 4) is 5.75 Å². The molecule has 0 saturated heterocycles. The van der Waals surface area contributed by atoms with Crippen LogP contribution in [0.3, 0.4) is 0 Å². The van der Waals surface area contributed by atoms with E-state index in [4.69, 9.17) is 4.74 Å². The van der Waals surface area contributed by atoms with Gasteiger partial charge >= 0.3 is 0 Å². The Bertz CT molecular complexity index is 925. The van der Waals surface area contributed by atoms with Crippen molar-refractivity contribution in [1.29, 1.82) is 0 Å². The van der Waals surface area contributed by atoms with E-state index in [-0.39, 0.29) is 5.91 Å². The van der Waals surface area contributed by atoms with Gasteiger partial charge in [-0.25, -0.2) is 8.42 Å². The van der Waals surface area contributed by atoms with Gasteiger partial charge in [0.2, 0.25) is 10.0 Å². The van der Waals surface area contributed by atoms with Crippen LogP contribution < -0.4 is 13.9 Å². The molecule has 1 amide bonds. The Kier molecular flexibility index (Phi) is 5.41. The number of carbonyl (C=O) groups excluding carboxylic acids is 1. The molecule has 1 heterocycles. The number of nitrogens with zero attached hydrogens (tertiary/aromatic N) is 2. The summed E-state index contributed by atoms with van der Waals surface area (Å²) in [5.41, 5.74) is 2.40. The van der Waals surface area contributed by atoms with E-state index in [1.165, 1.54) is 4.31 Å². The maximum absolute atomic E-state index is 13.1. The van der Waals surface area contributed by atoms with Crippen molar-refractivity contribution < 1.29 is 17.9 Å². The van der Waals surface area contributed by atoms with E-state index in [1.807, 2.05) is 31.2 Å². The van der Waals surface area contributed by atoms with E-state index in [1.54, 1.807) is 36.1 Å². The van der Waals surface area contributed by atoms with E-state index < -0.39 is 16.1 Å². The van der Waals surface area contributed by atoms with Gasteiger partial charge in [0.1, 0.15) is 11.8 Å². The molecule has 2 aromatic carbocycles. The third-order valence-electron chi connectivity index (χ3n) is 4.62. The molecule has 0 N–H and O–H groups in total. The van der Waals surface area contributed by atoms with E-state index in [0.29, 0.717) is 24.6 Å². The molecule has 2 aromatic rings. The van der Waals surface area contributed by atoms with E-state index in [2.05, 4.69) is 0 Å². The average molecular weight is 388 g/mol. The molecule has 144 valence electrons. The maximum atomic E-state index is 13.1. The lowest BCUT2D eigenvalue weighted by atomic mass is 10.2. The molecule has 0 aliphatic carbocycles. The lowest BCUT2D eigenvalue weighted by molar-refractivity contribution is -0.119. The van der Waals surface area contributed by atoms with Crippen LogP contribution in [0, 0.1) is 0 Å². The van der Waals surface area contributed by atoms with Gasteiger partial charge in [-0.15, -0.1) is 0 Å². The normalized spacial score (nSPS) is 14.6. The Hall–Kier alpha value is -2.54. The van der Waals surface area contributed by atoms with Crippen LogP contribution in [0.5, 0.6) is 5.75 Å². The summed E-state index contributed by atoms with van der Waals surface area (Å²) in [6.45, 7) is 4.59. The number of hydrogen-bond acceptors (Lipinski definition) is 4. The standard InChI is InChI=1S/C20H24N2O4S/c1-4-26-18-11-9-17(10-12-18)22(27(3,24)25)15(2)20(23)21-14-13-16-7-5-6-8-19(16)21/h5-12,15H,4,13-14H2,1-3H3/t15-/m1/s1. The van der Waals surface area contributed by atoms with Crippen LogP contribution in [0.2, 0.25) is 0 Å². The number of rotatable bonds is 6. The number of carbonyl (C=O) groups is 1. The number of hydrogen-bond donors (Lipinski definition) is 0. The van der Waals surface area contributed by atoms with Crippen molar-refractivity contribution in [2.45, 2.75) is 26.3 Å². The monoisotopic (exact) mass is 388 g/mol. The van der Waals surface area contributed by atoms with Gasteiger partial charge in [-0.1, -0.05) is 18.2 Å². The Morgan fingerprint density at radius 1 is 1.19 bits per heavy atom. The second kappa shape index (κ2) is 7.60. The van der Waals surface area contributed by atoms with Gasteiger partial charge in [-0.3, -0.25) is 9.10 Å². The zero-order valence-corrected chi connectivity index (χ0v) is 16.6. The molecule has 0 fully saturated rings. The van der Waals surface area contributed by atoms with Crippen LogP contribution >= 0.6 is 0 Å². The molecule has 0 unspecified atom stereocenters. The maximum Gasteiger partial charge on any atom is 0.250 e. The van der Waals surface area contributed by atoms with Crippen molar-refractivity contribution in [1.82, 2.24) is 0 Å². The molecule has 0 bridgehead atoms. The quantitative estimate of drug-likeness (QED) is 0.763. The summed E-state index contributed by atoms with van der Waals surface area (Å²) < 4.78 is 31.5. The summed E-state index contributed by atoms with van der Waals surface area (Å²) in [5.74, 6) is 0.418. The summed E-state index contributed by atoms with van der Waals surface area (Å²) in [4.78, 5) is 14.8. The molecule has 0 aromatic heterocycles. The minimum absolute atomic E-state index is 0.237. The molecule has 27 heavy (non-hydrogen) atoms. The van der Waals surface area contributed by atoms with Crippen molar-refractivity contribution in [3.63, 3.8) is 0 Å². The van der Waals surface area contributed by atoms with E-state index >= 15 is 0 Å². The minimum atomic E-state index is -3.65. The van der Waals surface area contributed by atoms with Gasteiger partial charge in [-0.05, 0) is 56.2 Å². The number of benzene rings is 2. The Morgan fingerprint density at radius 3 is 2.48 bits per heavy atom. The smallest absolute Gasteiger partial charge is 0.250 e. The molecule has 6 nitrogen and oxygen atoms in total. The highest BCUT2D eigenvalue weighted by molar-refractivity contribution is 7.92. The summed E-state index contributed by atoms with van der Waals surface area (Å²) in [6, 6.07) is 13.6. The summed E-state index contributed by atoms with van der Waals surface area (Å²) in [7, 11) is -3.65. The first-order valence-corrected chi connectivity index (χ1v) is 10.8. The average Bonchev–Trinajstić information content (AvgIpc) is 3.06. The fraction of sp³-hybridized carbons (Fsp3) is 0.350. The summed E-state index contributed by atoms with van der Waals surface area (Å²) >= 11 is 0. The molecule has 3 rings (SSSR count). The van der Waals surface area contributed by atoms with Gasteiger partial charge in [-0.2, -0.15) is 0 Å². The highest BCUT2D eigenvalue weighted by Gasteiger charge is 2.34. The van der Waals surface area contributed by atoms with Gasteiger partial charge in [0, 0.05) is 12.2 Å². The number of sulfonamides is 1. The topological polar surface area (TPSA) is 66.9 Å². The molecule has 1 atom stereocenters. The molecule has 1 aliphatic rings. The van der Waals surface area contributed by atoms with Crippen molar-refractivity contribution >= 4 is 27.3 Å². The second-order valence-corrected chi connectivity index (χ2v) is 8.39. The van der Waals surface area contributed by atoms with Crippen LogP contribution in [0.1, 0.15) is 19.4 Å². The number of fused-ring (bicyclic) bond motifs is 1. The predicted octanol–water partition coefficient (Wildman–Crippen LogP) is 2.83. The molecule has 0 radical (unpaired) electrons. The third kappa shape index (κ3) is 3.93. The lowest BCUT2D eigenvalue weighted by Crippen LogP contribution is -2.49. The number of para-hydroxylation sites is 1. The van der Waals surface area contributed by atoms with Gasteiger partial charge in [0.05, 0.1) is 18.6 Å². The first kappa shape index (κ1) is 19.2. The predicted molar refractivity (Wildman–Crippen MR) is 107 cm³/mol. The Morgan fingerprint density at radius 2 is 1.85 bits per heavy atom. The largest absolute Gasteiger partial charge is 0.494 e. The zero-order chi connectivity index (χ0) is 19.6. The van der Waals surface area contributed by atoms with Crippen LogP contribution in [0.4, 0.5) is 11.4 Å². The van der Waals surface area contributed by atoms with E-state index in [0.717, 1.165) is 23.9 Å². The van der Waals surface area contributed by atoms with Crippen molar-refractivity contribution in [2.75, 3.05) is 28.6 Å². The summed E-state index contributed by atoms with van der Waals surface area (Å²) in [5, 5.41) is 0. The molecular formula is C20H24N2O4S. The zero-order valence-electron chi connectivity index (χ0n) is 15.8. The lowest BCUT2D eigenvalue weighted by Gasteiger charge is -2.31. The highest BCUT2D eigenvalue weighted by atomic mass is 32.2. The number of anilines is 2. The first-order chi connectivity index (χ1) is 12.8. The van der Waals surface area contributed by atoms with Crippen molar-refractivity contribution in [3.05, 3.63) is 54.1 Å². The number of ether oxygens (including phenoxy) is 1. The van der Waals surface area contributed by atoms with Crippen LogP contribution in [0.25, 0.3) is 0 Å². The summed E-state index contributed by atoms with van der Waals surface area (Å²) in [6.07, 6.45) is 1.89. The van der Waals surface area contributed by atoms with Crippen LogP contribution in [-0.4, -0.2) is 39.8 Å². The molecule has 7 heteroatoms. The molecular weight excluding hydrogens is 364 g/mol. The van der Waals surface area contributed by atoms with E-state index in [9.17, 15) is 13.2 Å². The first-order valence-electron chi connectivity index (χ1n) is 8.94. The van der Waals surface area contributed by atoms with Gasteiger partial charge < -0.3 is 9.64 Å². The Labute approximate surface area is 160 Å². The fourth-order valence-electron chi connectivity index (χ4n) is 3.45. The van der Waals surface area contributed by atoms with Crippen LogP contribution in [-0.2, 0) is 21.2 Å². The fourth-order valence-corrected chi connectivity index (χ4v) is 4.62. The molecule has 0 saturated carbocycles. The highest BCUT2D eigenvalue weighted by Crippen LogP contribution is 2.30. The van der Waals surface area contributed by atoms with Gasteiger partial charge in [0.25, 0.3) is 5.91 Å². The molecule has 1 aliphatic heterocycles. The van der Waals surface area contributed by atoms with Crippen molar-refractivity contribution in [2.24, 2.45) is 0 Å².